The van der Waals surface area contributed by atoms with Crippen LogP contribution in [-0.2, 0) is 0 Å². The van der Waals surface area contributed by atoms with Gasteiger partial charge in [0.2, 0.25) is 0 Å². The van der Waals surface area contributed by atoms with Gasteiger partial charge in [0.25, 0.3) is 0 Å². The number of nitrogens with one attached hydrogen (secondary N) is 1. The molecule has 0 bridgehead atoms. The third kappa shape index (κ3) is 2.88. The molecule has 1 aromatic heterocycles. The second-order valence-electron chi connectivity index (χ2n) is 3.69. The lowest BCUT2D eigenvalue weighted by molar-refractivity contribution is 0.498. The first kappa shape index (κ1) is 11.7. The highest BCUT2D eigenvalue weighted by Crippen LogP contribution is 2.37. The fourth-order valence-electron chi connectivity index (χ4n) is 1.90. The van der Waals surface area contributed by atoms with Gasteiger partial charge in [0.15, 0.2) is 0 Å². The molecule has 1 fully saturated rings. The molecule has 1 aliphatic rings. The van der Waals surface area contributed by atoms with Crippen LogP contribution in [0.3, 0.4) is 0 Å². The molecular weight excluding hydrogens is 248 g/mol. The van der Waals surface area contributed by atoms with Crippen LogP contribution >= 0.6 is 34.7 Å². The lowest BCUT2D eigenvalue weighted by Crippen LogP contribution is -2.35. The summed E-state index contributed by atoms with van der Waals surface area (Å²) in [5.41, 5.74) is 2.93. The van der Waals surface area contributed by atoms with E-state index >= 15 is 0 Å². The predicted octanol–water partition coefficient (Wildman–Crippen LogP) is 3.19. The maximum Gasteiger partial charge on any atom is 0.0931 e. The van der Waals surface area contributed by atoms with Gasteiger partial charge in [0, 0.05) is 10.1 Å². The van der Waals surface area contributed by atoms with Crippen molar-refractivity contribution in [1.82, 2.24) is 5.43 Å². The fourth-order valence-corrected chi connectivity index (χ4v) is 4.59. The third-order valence-corrected chi connectivity index (χ3v) is 5.44. The van der Waals surface area contributed by atoms with E-state index in [1.54, 1.807) is 11.3 Å². The first-order chi connectivity index (χ1) is 7.31. The van der Waals surface area contributed by atoms with E-state index in [4.69, 9.17) is 17.4 Å². The smallest absolute Gasteiger partial charge is 0.0931 e. The van der Waals surface area contributed by atoms with E-state index in [-0.39, 0.29) is 6.04 Å². The Morgan fingerprint density at radius 1 is 1.47 bits per heavy atom. The SMILES string of the molecule is NNC(c1ccc(Cl)s1)C1CCCCS1. The summed E-state index contributed by atoms with van der Waals surface area (Å²) in [5.74, 6) is 6.90. The van der Waals surface area contributed by atoms with E-state index in [2.05, 4.69) is 11.5 Å². The predicted molar refractivity (Wildman–Crippen MR) is 69.5 cm³/mol. The summed E-state index contributed by atoms with van der Waals surface area (Å²) < 4.78 is 0.839. The van der Waals surface area contributed by atoms with Crippen molar-refractivity contribution in [3.63, 3.8) is 0 Å². The summed E-state index contributed by atoms with van der Waals surface area (Å²) >= 11 is 9.59. The Balaban J connectivity index is 2.08. The lowest BCUT2D eigenvalue weighted by atomic mass is 10.1. The van der Waals surface area contributed by atoms with Crippen LogP contribution in [0, 0.1) is 0 Å². The average molecular weight is 263 g/mol. The molecule has 2 unspecified atom stereocenters. The standard InChI is InChI=1S/C10H15ClN2S2/c11-9-5-4-8(15-9)10(13-12)7-3-1-2-6-14-7/h4-5,7,10,13H,1-3,6,12H2. The van der Waals surface area contributed by atoms with Gasteiger partial charge in [0.05, 0.1) is 10.4 Å². The second-order valence-corrected chi connectivity index (χ2v) is 6.78. The molecule has 84 valence electrons. The molecule has 0 aliphatic carbocycles. The second kappa shape index (κ2) is 5.55. The quantitative estimate of drug-likeness (QED) is 0.649. The lowest BCUT2D eigenvalue weighted by Gasteiger charge is -2.28. The maximum atomic E-state index is 5.94. The van der Waals surface area contributed by atoms with Crippen LogP contribution in [0.5, 0.6) is 0 Å². The molecule has 1 aromatic rings. The number of nitrogens with two attached hydrogens (primary N) is 1. The number of thioether (sulfide) groups is 1. The van der Waals surface area contributed by atoms with Gasteiger partial charge in [-0.15, -0.1) is 11.3 Å². The van der Waals surface area contributed by atoms with Crippen molar-refractivity contribution < 1.29 is 0 Å². The summed E-state index contributed by atoms with van der Waals surface area (Å²) in [6, 6.07) is 4.28. The van der Waals surface area contributed by atoms with Gasteiger partial charge >= 0.3 is 0 Å². The van der Waals surface area contributed by atoms with Crippen LogP contribution in [-0.4, -0.2) is 11.0 Å². The van der Waals surface area contributed by atoms with Crippen molar-refractivity contribution in [3.05, 3.63) is 21.3 Å². The molecular formula is C10H15ClN2S2. The topological polar surface area (TPSA) is 38.0 Å². The normalized spacial score (nSPS) is 24.0. The summed E-state index contributed by atoms with van der Waals surface area (Å²) in [7, 11) is 0. The van der Waals surface area contributed by atoms with Gasteiger partial charge < -0.3 is 0 Å². The number of hydrogen-bond acceptors (Lipinski definition) is 4. The Kier molecular flexibility index (Phi) is 4.34. The molecule has 2 heterocycles. The zero-order chi connectivity index (χ0) is 10.7. The molecule has 2 rings (SSSR count). The van der Waals surface area contributed by atoms with Crippen LogP contribution < -0.4 is 11.3 Å². The van der Waals surface area contributed by atoms with Gasteiger partial charge in [-0.3, -0.25) is 11.3 Å². The largest absolute Gasteiger partial charge is 0.271 e. The fraction of sp³-hybridized carbons (Fsp3) is 0.600. The number of halogens is 1. The van der Waals surface area contributed by atoms with Crippen molar-refractivity contribution in [1.29, 1.82) is 0 Å². The molecule has 2 atom stereocenters. The molecule has 15 heavy (non-hydrogen) atoms. The van der Waals surface area contributed by atoms with Gasteiger partial charge in [-0.25, -0.2) is 0 Å². The Hall–Kier alpha value is 0.260. The zero-order valence-electron chi connectivity index (χ0n) is 8.41. The van der Waals surface area contributed by atoms with Gasteiger partial charge in [0.1, 0.15) is 0 Å². The van der Waals surface area contributed by atoms with Crippen molar-refractivity contribution >= 4 is 34.7 Å². The number of rotatable bonds is 3. The van der Waals surface area contributed by atoms with Crippen LogP contribution in [0.25, 0.3) is 0 Å². The monoisotopic (exact) mass is 262 g/mol. The highest BCUT2D eigenvalue weighted by molar-refractivity contribution is 8.00. The first-order valence-electron chi connectivity index (χ1n) is 5.14. The van der Waals surface area contributed by atoms with Crippen molar-refractivity contribution in [2.45, 2.75) is 30.6 Å². The molecule has 0 aromatic carbocycles. The molecule has 0 amide bonds. The van der Waals surface area contributed by atoms with E-state index in [9.17, 15) is 0 Å². The van der Waals surface area contributed by atoms with E-state index in [0.29, 0.717) is 5.25 Å². The Bertz CT molecular complexity index is 310. The summed E-state index contributed by atoms with van der Waals surface area (Å²) in [6.07, 6.45) is 3.90. The summed E-state index contributed by atoms with van der Waals surface area (Å²) in [4.78, 5) is 1.25. The summed E-state index contributed by atoms with van der Waals surface area (Å²) in [5, 5.41) is 0.596. The molecule has 1 saturated heterocycles. The van der Waals surface area contributed by atoms with Crippen LogP contribution in [0.2, 0.25) is 4.34 Å². The van der Waals surface area contributed by atoms with Gasteiger partial charge in [-0.05, 0) is 30.7 Å². The Labute approximate surface area is 104 Å². The molecule has 0 spiro atoms. The maximum absolute atomic E-state index is 5.94. The number of hydrazine groups is 1. The van der Waals surface area contributed by atoms with Crippen molar-refractivity contribution in [2.24, 2.45) is 5.84 Å². The zero-order valence-corrected chi connectivity index (χ0v) is 10.8. The van der Waals surface area contributed by atoms with Crippen molar-refractivity contribution in [2.75, 3.05) is 5.75 Å². The molecule has 3 N–H and O–H groups in total. The van der Waals surface area contributed by atoms with E-state index < -0.39 is 0 Å². The minimum Gasteiger partial charge on any atom is -0.271 e. The highest BCUT2D eigenvalue weighted by atomic mass is 35.5. The minimum atomic E-state index is 0.257. The molecule has 0 saturated carbocycles. The van der Waals surface area contributed by atoms with E-state index in [1.807, 2.05) is 17.8 Å². The van der Waals surface area contributed by atoms with Crippen molar-refractivity contribution in [3.8, 4) is 0 Å². The van der Waals surface area contributed by atoms with Crippen LogP contribution in [0.1, 0.15) is 30.2 Å². The number of thiophene rings is 1. The first-order valence-corrected chi connectivity index (χ1v) is 7.38. The summed E-state index contributed by atoms with van der Waals surface area (Å²) in [6.45, 7) is 0. The van der Waals surface area contributed by atoms with E-state index in [1.165, 1.54) is 29.9 Å². The molecule has 1 aliphatic heterocycles. The molecule has 0 radical (unpaired) electrons. The average Bonchev–Trinajstić information content (AvgIpc) is 2.68. The number of hydrogen-bond donors (Lipinski definition) is 2. The third-order valence-electron chi connectivity index (χ3n) is 2.67. The Morgan fingerprint density at radius 2 is 2.33 bits per heavy atom. The minimum absolute atomic E-state index is 0.257. The molecule has 2 nitrogen and oxygen atoms in total. The van der Waals surface area contributed by atoms with Crippen LogP contribution in [0.15, 0.2) is 12.1 Å². The van der Waals surface area contributed by atoms with Gasteiger partial charge in [-0.1, -0.05) is 18.0 Å². The molecule has 5 heteroatoms. The van der Waals surface area contributed by atoms with Crippen LogP contribution in [0.4, 0.5) is 0 Å². The van der Waals surface area contributed by atoms with Gasteiger partial charge in [-0.2, -0.15) is 11.8 Å². The highest BCUT2D eigenvalue weighted by Gasteiger charge is 2.25. The van der Waals surface area contributed by atoms with E-state index in [0.717, 1.165) is 4.34 Å². The Morgan fingerprint density at radius 3 is 2.87 bits per heavy atom.